The summed E-state index contributed by atoms with van der Waals surface area (Å²) in [6, 6.07) is 0.304. The molecule has 0 aromatic heterocycles. The lowest BCUT2D eigenvalue weighted by atomic mass is 9.64. The van der Waals surface area contributed by atoms with Crippen LogP contribution in [0, 0.1) is 17.3 Å². The third-order valence-electron chi connectivity index (χ3n) is 4.51. The molecule has 0 bridgehead atoms. The third-order valence-corrected chi connectivity index (χ3v) is 6.15. The van der Waals surface area contributed by atoms with Crippen molar-refractivity contribution in [3.63, 3.8) is 0 Å². The summed E-state index contributed by atoms with van der Waals surface area (Å²) < 4.78 is 0. The topological polar surface area (TPSA) is 26.0 Å². The first-order valence-electron chi connectivity index (χ1n) is 6.50. The van der Waals surface area contributed by atoms with Crippen molar-refractivity contribution in [3.8, 4) is 0 Å². The summed E-state index contributed by atoms with van der Waals surface area (Å²) in [5.74, 6) is 1.40. The van der Waals surface area contributed by atoms with E-state index >= 15 is 0 Å². The van der Waals surface area contributed by atoms with Crippen molar-refractivity contribution in [2.24, 2.45) is 23.0 Å². The summed E-state index contributed by atoms with van der Waals surface area (Å²) in [6.07, 6.45) is 1.14. The Kier molecular flexibility index (Phi) is 5.97. The minimum absolute atomic E-state index is 0.304. The first-order valence-corrected chi connectivity index (χ1v) is 8.00. The van der Waals surface area contributed by atoms with Gasteiger partial charge in [-0.05, 0) is 42.4 Å². The van der Waals surface area contributed by atoms with Crippen LogP contribution in [-0.4, -0.2) is 17.9 Å². The van der Waals surface area contributed by atoms with Crippen LogP contribution < -0.4 is 5.73 Å². The van der Waals surface area contributed by atoms with Crippen molar-refractivity contribution in [1.82, 2.24) is 0 Å². The molecular weight excluding hydrogens is 213 g/mol. The van der Waals surface area contributed by atoms with Gasteiger partial charge in [-0.2, -0.15) is 0 Å². The zero-order valence-electron chi connectivity index (χ0n) is 12.5. The maximum Gasteiger partial charge on any atom is 0.00136 e. The van der Waals surface area contributed by atoms with E-state index in [0.29, 0.717) is 28.4 Å². The summed E-state index contributed by atoms with van der Waals surface area (Å²) in [4.78, 5) is 0. The van der Waals surface area contributed by atoms with Gasteiger partial charge in [-0.25, -0.2) is 0 Å². The van der Waals surface area contributed by atoms with Crippen molar-refractivity contribution in [1.29, 1.82) is 0 Å². The van der Waals surface area contributed by atoms with Gasteiger partial charge in [0.1, 0.15) is 0 Å². The molecule has 0 amide bonds. The lowest BCUT2D eigenvalue weighted by Gasteiger charge is -2.47. The molecule has 0 aromatic rings. The van der Waals surface area contributed by atoms with Gasteiger partial charge in [0.25, 0.3) is 0 Å². The fourth-order valence-electron chi connectivity index (χ4n) is 2.48. The van der Waals surface area contributed by atoms with Crippen molar-refractivity contribution in [2.45, 2.75) is 66.1 Å². The highest BCUT2D eigenvalue weighted by Gasteiger charge is 2.41. The zero-order valence-corrected chi connectivity index (χ0v) is 13.5. The average Bonchev–Trinajstić information content (AvgIpc) is 2.13. The molecule has 0 radical (unpaired) electrons. The Morgan fingerprint density at radius 1 is 1.06 bits per heavy atom. The first kappa shape index (κ1) is 16.4. The second-order valence-electron chi connectivity index (χ2n) is 6.71. The Morgan fingerprint density at radius 2 is 1.50 bits per heavy atom. The van der Waals surface area contributed by atoms with Gasteiger partial charge in [-0.1, -0.05) is 41.5 Å². The summed E-state index contributed by atoms with van der Waals surface area (Å²) in [5.41, 5.74) is 6.41. The molecule has 0 aliphatic rings. The van der Waals surface area contributed by atoms with Crippen LogP contribution in [0.1, 0.15) is 54.9 Å². The van der Waals surface area contributed by atoms with Crippen molar-refractivity contribution in [2.75, 3.05) is 6.66 Å². The molecule has 2 heteroatoms. The van der Waals surface area contributed by atoms with Crippen LogP contribution in [0.5, 0.6) is 0 Å². The second kappa shape index (κ2) is 5.83. The van der Waals surface area contributed by atoms with E-state index in [9.17, 15) is 0 Å². The van der Waals surface area contributed by atoms with Gasteiger partial charge in [-0.3, -0.25) is 0 Å². The molecule has 0 fully saturated rings. The lowest BCUT2D eigenvalue weighted by molar-refractivity contribution is 0.0972. The van der Waals surface area contributed by atoms with E-state index < -0.39 is 0 Å². The van der Waals surface area contributed by atoms with Gasteiger partial charge >= 0.3 is 0 Å². The molecule has 3 unspecified atom stereocenters. The maximum absolute atomic E-state index is 6.04. The molecule has 0 aromatic carbocycles. The van der Waals surface area contributed by atoms with Gasteiger partial charge in [0.15, 0.2) is 0 Å². The summed E-state index contributed by atoms with van der Waals surface area (Å²) >= 11 is 0. The smallest absolute Gasteiger partial charge is 0.00136 e. The highest BCUT2D eigenvalue weighted by Crippen LogP contribution is 2.49. The highest BCUT2D eigenvalue weighted by atomic mass is 31.1. The van der Waals surface area contributed by atoms with Crippen LogP contribution in [0.3, 0.4) is 0 Å². The predicted molar refractivity (Wildman–Crippen MR) is 78.7 cm³/mol. The van der Waals surface area contributed by atoms with E-state index in [2.05, 4.69) is 55.1 Å². The average molecular weight is 245 g/mol. The molecule has 0 saturated heterocycles. The normalized spacial score (nSPS) is 18.4. The number of rotatable bonds is 6. The van der Waals surface area contributed by atoms with Crippen molar-refractivity contribution >= 4 is 8.58 Å². The number of hydrogen-bond donors (Lipinski definition) is 1. The molecule has 0 rings (SSSR count). The number of nitrogens with two attached hydrogens (primary N) is 1. The molecule has 0 aliphatic heterocycles. The minimum atomic E-state index is 0.304. The quantitative estimate of drug-likeness (QED) is 0.700. The fraction of sp³-hybridized carbons (Fsp3) is 1.00. The van der Waals surface area contributed by atoms with E-state index in [1.807, 2.05) is 0 Å². The summed E-state index contributed by atoms with van der Waals surface area (Å²) in [5, 5.41) is 0.404. The maximum atomic E-state index is 6.04. The van der Waals surface area contributed by atoms with Crippen LogP contribution in [0.4, 0.5) is 0 Å². The molecule has 3 atom stereocenters. The van der Waals surface area contributed by atoms with Gasteiger partial charge in [-0.15, -0.1) is 8.58 Å². The molecule has 1 nitrogen and oxygen atoms in total. The van der Waals surface area contributed by atoms with Gasteiger partial charge in [0, 0.05) is 6.04 Å². The van der Waals surface area contributed by atoms with Crippen molar-refractivity contribution < 1.29 is 0 Å². The third kappa shape index (κ3) is 4.00. The summed E-state index contributed by atoms with van der Waals surface area (Å²) in [6.45, 7) is 18.8. The van der Waals surface area contributed by atoms with Gasteiger partial charge in [0.05, 0.1) is 0 Å². The molecule has 98 valence electrons. The van der Waals surface area contributed by atoms with Gasteiger partial charge in [0.2, 0.25) is 0 Å². The van der Waals surface area contributed by atoms with E-state index in [1.54, 1.807) is 0 Å². The zero-order chi connectivity index (χ0) is 13.1. The second-order valence-corrected chi connectivity index (χ2v) is 8.50. The molecular formula is C14H32NP. The Bertz CT molecular complexity index is 207. The Labute approximate surface area is 105 Å². The minimum Gasteiger partial charge on any atom is -0.328 e. The van der Waals surface area contributed by atoms with Crippen LogP contribution >= 0.6 is 8.58 Å². The highest BCUT2D eigenvalue weighted by molar-refractivity contribution is 7.39. The SMILES string of the molecule is CPC(C)(C)C(CC(C)N)C(C)(C)C(C)C. The molecule has 2 N–H and O–H groups in total. The fourth-order valence-corrected chi connectivity index (χ4v) is 3.32. The van der Waals surface area contributed by atoms with Crippen LogP contribution in [-0.2, 0) is 0 Å². The van der Waals surface area contributed by atoms with E-state index in [-0.39, 0.29) is 0 Å². The molecule has 0 spiro atoms. The van der Waals surface area contributed by atoms with E-state index in [4.69, 9.17) is 5.73 Å². The van der Waals surface area contributed by atoms with E-state index in [0.717, 1.165) is 15.0 Å². The first-order chi connectivity index (χ1) is 7.05. The Morgan fingerprint density at radius 3 is 1.75 bits per heavy atom. The molecule has 0 saturated carbocycles. The van der Waals surface area contributed by atoms with Crippen LogP contribution in [0.25, 0.3) is 0 Å². The van der Waals surface area contributed by atoms with Gasteiger partial charge < -0.3 is 5.73 Å². The summed E-state index contributed by atoms with van der Waals surface area (Å²) in [7, 11) is 0.975. The largest absolute Gasteiger partial charge is 0.328 e. The lowest BCUT2D eigenvalue weighted by Crippen LogP contribution is -2.43. The number of hydrogen-bond acceptors (Lipinski definition) is 1. The monoisotopic (exact) mass is 245 g/mol. The molecule has 16 heavy (non-hydrogen) atoms. The molecule has 0 aliphatic carbocycles. The standard InChI is InChI=1S/C14H32NP/c1-10(2)13(4,5)12(9-11(3)15)14(6,7)16-8/h10-12,16H,9,15H2,1-8H3. The van der Waals surface area contributed by atoms with E-state index in [1.165, 1.54) is 0 Å². The van der Waals surface area contributed by atoms with Crippen LogP contribution in [0.2, 0.25) is 0 Å². The Balaban J connectivity index is 5.09. The molecule has 0 heterocycles. The Hall–Kier alpha value is 0.390. The predicted octanol–water partition coefficient (Wildman–Crippen LogP) is 4.11. The van der Waals surface area contributed by atoms with Crippen LogP contribution in [0.15, 0.2) is 0 Å². The van der Waals surface area contributed by atoms with Crippen molar-refractivity contribution in [3.05, 3.63) is 0 Å².